The monoisotopic (exact) mass is 310 g/mol. The lowest BCUT2D eigenvalue weighted by atomic mass is 10.1. The predicted octanol–water partition coefficient (Wildman–Crippen LogP) is 5.41. The van der Waals surface area contributed by atoms with Crippen LogP contribution in [0.5, 0.6) is 0 Å². The zero-order valence-electron chi connectivity index (χ0n) is 14.8. The van der Waals surface area contributed by atoms with Crippen molar-refractivity contribution in [3.05, 3.63) is 36.4 Å². The first-order valence-electron chi connectivity index (χ1n) is 8.40. The summed E-state index contributed by atoms with van der Waals surface area (Å²) < 4.78 is 15.7. The largest absolute Gasteiger partial charge is 0.331 e. The molecule has 0 heterocycles. The minimum atomic E-state index is -0.830. The Balaban J connectivity index is 0.000000604. The van der Waals surface area contributed by atoms with E-state index < -0.39 is 5.97 Å². The summed E-state index contributed by atoms with van der Waals surface area (Å²) in [5, 5.41) is 0. The van der Waals surface area contributed by atoms with Crippen LogP contribution < -0.4 is 0 Å². The van der Waals surface area contributed by atoms with Gasteiger partial charge in [0, 0.05) is 27.8 Å². The number of benzene rings is 1. The van der Waals surface area contributed by atoms with Crippen LogP contribution in [0.25, 0.3) is 0 Å². The smallest absolute Gasteiger partial charge is 0.282 e. The Morgan fingerprint density at radius 2 is 0.955 bits per heavy atom. The van der Waals surface area contributed by atoms with Crippen molar-refractivity contribution in [3.63, 3.8) is 0 Å². The molecule has 0 fully saturated rings. The van der Waals surface area contributed by atoms with Crippen molar-refractivity contribution in [3.8, 4) is 0 Å². The van der Waals surface area contributed by atoms with Crippen LogP contribution in [0, 0.1) is 0 Å². The maximum atomic E-state index is 5.24. The highest BCUT2D eigenvalue weighted by molar-refractivity contribution is 4.99. The molecule has 0 N–H and O–H groups in total. The SMILES string of the molecule is CCCCCCCCCC(OC)(OC)OC.c1ccccc1. The van der Waals surface area contributed by atoms with E-state index in [1.807, 2.05) is 36.4 Å². The Labute approximate surface area is 137 Å². The third kappa shape index (κ3) is 10.8. The van der Waals surface area contributed by atoms with Gasteiger partial charge >= 0.3 is 0 Å². The van der Waals surface area contributed by atoms with E-state index in [9.17, 15) is 0 Å². The molecule has 0 atom stereocenters. The van der Waals surface area contributed by atoms with Crippen molar-refractivity contribution < 1.29 is 14.2 Å². The van der Waals surface area contributed by atoms with E-state index in [-0.39, 0.29) is 0 Å². The molecule has 128 valence electrons. The highest BCUT2D eigenvalue weighted by atomic mass is 16.9. The molecule has 0 radical (unpaired) electrons. The maximum absolute atomic E-state index is 5.24. The molecule has 0 saturated heterocycles. The van der Waals surface area contributed by atoms with Crippen LogP contribution in [-0.4, -0.2) is 27.3 Å². The molecule has 0 amide bonds. The van der Waals surface area contributed by atoms with Gasteiger partial charge in [-0.25, -0.2) is 0 Å². The van der Waals surface area contributed by atoms with Crippen molar-refractivity contribution in [2.24, 2.45) is 0 Å². The minimum Gasteiger partial charge on any atom is -0.331 e. The number of hydrogen-bond donors (Lipinski definition) is 0. The van der Waals surface area contributed by atoms with Gasteiger partial charge < -0.3 is 14.2 Å². The van der Waals surface area contributed by atoms with Gasteiger partial charge in [0.15, 0.2) is 0 Å². The summed E-state index contributed by atoms with van der Waals surface area (Å²) in [6.45, 7) is 2.24. The van der Waals surface area contributed by atoms with Crippen LogP contribution in [0.2, 0.25) is 0 Å². The maximum Gasteiger partial charge on any atom is 0.282 e. The standard InChI is InChI=1S/C13H28O3.C6H6/c1-5-6-7-8-9-10-11-12-13(14-2,15-3)16-4;1-2-4-6-5-3-1/h5-12H2,1-4H3;1-6H. The van der Waals surface area contributed by atoms with Gasteiger partial charge in [-0.1, -0.05) is 81.8 Å². The lowest BCUT2D eigenvalue weighted by molar-refractivity contribution is -0.355. The molecule has 0 aliphatic carbocycles. The van der Waals surface area contributed by atoms with E-state index >= 15 is 0 Å². The van der Waals surface area contributed by atoms with E-state index in [2.05, 4.69) is 6.92 Å². The number of unbranched alkanes of at least 4 members (excludes halogenated alkanes) is 6. The molecule has 1 rings (SSSR count). The van der Waals surface area contributed by atoms with E-state index in [0.717, 1.165) is 12.8 Å². The van der Waals surface area contributed by atoms with Crippen molar-refractivity contribution in [1.82, 2.24) is 0 Å². The van der Waals surface area contributed by atoms with Gasteiger partial charge in [0.25, 0.3) is 5.97 Å². The molecule has 0 bridgehead atoms. The zero-order valence-corrected chi connectivity index (χ0v) is 14.8. The molecule has 0 aromatic heterocycles. The molecular formula is C19H34O3. The molecule has 0 aliphatic heterocycles. The molecule has 0 saturated carbocycles. The van der Waals surface area contributed by atoms with Gasteiger partial charge in [0.05, 0.1) is 0 Å². The molecular weight excluding hydrogens is 276 g/mol. The van der Waals surface area contributed by atoms with Crippen LogP contribution in [0.4, 0.5) is 0 Å². The third-order valence-corrected chi connectivity index (χ3v) is 3.69. The van der Waals surface area contributed by atoms with E-state index in [4.69, 9.17) is 14.2 Å². The summed E-state index contributed by atoms with van der Waals surface area (Å²) in [7, 11) is 4.86. The quantitative estimate of drug-likeness (QED) is 0.404. The summed E-state index contributed by atoms with van der Waals surface area (Å²) in [4.78, 5) is 0. The Morgan fingerprint density at radius 3 is 1.32 bits per heavy atom. The second-order valence-corrected chi connectivity index (χ2v) is 5.32. The molecule has 1 aromatic rings. The first-order chi connectivity index (χ1) is 10.7. The lowest BCUT2D eigenvalue weighted by Crippen LogP contribution is -2.35. The highest BCUT2D eigenvalue weighted by Crippen LogP contribution is 2.21. The number of methoxy groups -OCH3 is 3. The molecule has 22 heavy (non-hydrogen) atoms. The Morgan fingerprint density at radius 1 is 0.591 bits per heavy atom. The fourth-order valence-electron chi connectivity index (χ4n) is 2.24. The number of hydrogen-bond acceptors (Lipinski definition) is 3. The normalized spacial score (nSPS) is 10.9. The van der Waals surface area contributed by atoms with Gasteiger partial charge in [-0.05, 0) is 6.42 Å². The van der Waals surface area contributed by atoms with Crippen LogP contribution in [0.1, 0.15) is 58.3 Å². The molecule has 3 heteroatoms. The van der Waals surface area contributed by atoms with E-state index in [0.29, 0.717) is 0 Å². The van der Waals surface area contributed by atoms with Crippen molar-refractivity contribution >= 4 is 0 Å². The molecule has 3 nitrogen and oxygen atoms in total. The minimum absolute atomic E-state index is 0.796. The van der Waals surface area contributed by atoms with Crippen molar-refractivity contribution in [1.29, 1.82) is 0 Å². The topological polar surface area (TPSA) is 27.7 Å². The summed E-state index contributed by atoms with van der Waals surface area (Å²) >= 11 is 0. The van der Waals surface area contributed by atoms with Gasteiger partial charge in [-0.3, -0.25) is 0 Å². The van der Waals surface area contributed by atoms with E-state index in [1.54, 1.807) is 21.3 Å². The zero-order chi connectivity index (χ0) is 16.5. The van der Waals surface area contributed by atoms with Gasteiger partial charge in [-0.2, -0.15) is 0 Å². The van der Waals surface area contributed by atoms with Gasteiger partial charge in [0.1, 0.15) is 0 Å². The van der Waals surface area contributed by atoms with E-state index in [1.165, 1.54) is 38.5 Å². The summed E-state index contributed by atoms with van der Waals surface area (Å²) in [6.07, 6.45) is 9.77. The van der Waals surface area contributed by atoms with Gasteiger partial charge in [-0.15, -0.1) is 0 Å². The Kier molecular flexibility index (Phi) is 14.4. The highest BCUT2D eigenvalue weighted by Gasteiger charge is 2.28. The average Bonchev–Trinajstić information content (AvgIpc) is 2.60. The Bertz CT molecular complexity index is 275. The fraction of sp³-hybridized carbons (Fsp3) is 0.684. The number of ether oxygens (including phenoxy) is 3. The second kappa shape index (κ2) is 15.0. The summed E-state index contributed by atoms with van der Waals surface area (Å²) in [5.41, 5.74) is 0. The fourth-order valence-corrected chi connectivity index (χ4v) is 2.24. The second-order valence-electron chi connectivity index (χ2n) is 5.32. The third-order valence-electron chi connectivity index (χ3n) is 3.69. The molecule has 1 aromatic carbocycles. The predicted molar refractivity (Wildman–Crippen MR) is 92.8 cm³/mol. The van der Waals surface area contributed by atoms with Crippen LogP contribution in [-0.2, 0) is 14.2 Å². The average molecular weight is 310 g/mol. The van der Waals surface area contributed by atoms with Crippen molar-refractivity contribution in [2.45, 2.75) is 64.3 Å². The van der Waals surface area contributed by atoms with Crippen LogP contribution >= 0.6 is 0 Å². The van der Waals surface area contributed by atoms with Crippen molar-refractivity contribution in [2.75, 3.05) is 21.3 Å². The molecule has 0 aliphatic rings. The summed E-state index contributed by atoms with van der Waals surface area (Å²) in [5.74, 6) is -0.830. The van der Waals surface area contributed by atoms with Crippen LogP contribution in [0.15, 0.2) is 36.4 Å². The Hall–Kier alpha value is -0.900. The first kappa shape index (κ1) is 21.1. The van der Waals surface area contributed by atoms with Gasteiger partial charge in [0.2, 0.25) is 0 Å². The lowest BCUT2D eigenvalue weighted by Gasteiger charge is -2.28. The summed E-state index contributed by atoms with van der Waals surface area (Å²) in [6, 6.07) is 12.0. The molecule has 0 unspecified atom stereocenters. The molecule has 0 spiro atoms. The number of rotatable bonds is 11. The van der Waals surface area contributed by atoms with Crippen LogP contribution in [0.3, 0.4) is 0 Å². The first-order valence-corrected chi connectivity index (χ1v) is 8.40.